The number of hydrogen-bond acceptors (Lipinski definition) is 7. The number of carbonyl (C=O) groups excluding carboxylic acids is 1. The van der Waals surface area contributed by atoms with Crippen LogP contribution in [0.5, 0.6) is 5.75 Å². The molecule has 0 aliphatic carbocycles. The van der Waals surface area contributed by atoms with Crippen LogP contribution in [0.3, 0.4) is 0 Å². The summed E-state index contributed by atoms with van der Waals surface area (Å²) in [5.74, 6) is -0.232. The van der Waals surface area contributed by atoms with Gasteiger partial charge < -0.3 is 9.47 Å². The molecule has 0 saturated carbocycles. The molecule has 0 bridgehead atoms. The van der Waals surface area contributed by atoms with E-state index in [1.807, 2.05) is 0 Å². The Balaban J connectivity index is 2.95. The van der Waals surface area contributed by atoms with Gasteiger partial charge in [0.05, 0.1) is 24.7 Å². The van der Waals surface area contributed by atoms with Crippen LogP contribution < -0.4 is 10.2 Å². The molecule has 0 aromatic heterocycles. The Morgan fingerprint density at radius 1 is 1.50 bits per heavy atom. The molecule has 8 heteroatoms. The standard InChI is InChI=1S/C12H15N3O5/c1-4-20-12(16)8(2)13-14-10-6-5-9(19-3)7-11(10)15(17)18/h5-7,14H,4H2,1-3H3/b13-8-. The van der Waals surface area contributed by atoms with Crippen LogP contribution in [0.2, 0.25) is 0 Å². The van der Waals surface area contributed by atoms with E-state index in [0.29, 0.717) is 5.75 Å². The van der Waals surface area contributed by atoms with Crippen LogP contribution in [-0.4, -0.2) is 30.3 Å². The van der Waals surface area contributed by atoms with Crippen molar-refractivity contribution in [2.75, 3.05) is 19.1 Å². The van der Waals surface area contributed by atoms with Gasteiger partial charge in [0.15, 0.2) is 0 Å². The molecule has 0 unspecified atom stereocenters. The summed E-state index contributed by atoms with van der Waals surface area (Å²) in [5.41, 5.74) is 2.49. The number of ether oxygens (including phenoxy) is 2. The molecule has 108 valence electrons. The van der Waals surface area contributed by atoms with Crippen LogP contribution in [0.1, 0.15) is 13.8 Å². The van der Waals surface area contributed by atoms with Crippen molar-refractivity contribution in [3.8, 4) is 5.75 Å². The number of carbonyl (C=O) groups is 1. The summed E-state index contributed by atoms with van der Waals surface area (Å²) in [6.45, 7) is 3.35. The van der Waals surface area contributed by atoms with Crippen LogP contribution in [-0.2, 0) is 9.53 Å². The maximum absolute atomic E-state index is 11.3. The Labute approximate surface area is 115 Å². The summed E-state index contributed by atoms with van der Waals surface area (Å²) in [7, 11) is 1.41. The van der Waals surface area contributed by atoms with Crippen molar-refractivity contribution < 1.29 is 19.2 Å². The highest BCUT2D eigenvalue weighted by Crippen LogP contribution is 2.28. The minimum Gasteiger partial charge on any atom is -0.496 e. The summed E-state index contributed by atoms with van der Waals surface area (Å²) in [6, 6.07) is 4.25. The minimum absolute atomic E-state index is 0.0666. The molecule has 1 aromatic carbocycles. The zero-order valence-electron chi connectivity index (χ0n) is 11.4. The first-order chi connectivity index (χ1) is 9.49. The van der Waals surface area contributed by atoms with Crippen molar-refractivity contribution in [3.05, 3.63) is 28.3 Å². The molecule has 0 fully saturated rings. The van der Waals surface area contributed by atoms with Gasteiger partial charge in [-0.25, -0.2) is 4.79 Å². The van der Waals surface area contributed by atoms with E-state index in [2.05, 4.69) is 10.5 Å². The van der Waals surface area contributed by atoms with Gasteiger partial charge >= 0.3 is 5.97 Å². The number of nitro benzene ring substituents is 1. The average molecular weight is 281 g/mol. The van der Waals surface area contributed by atoms with Crippen molar-refractivity contribution in [2.24, 2.45) is 5.10 Å². The summed E-state index contributed by atoms with van der Waals surface area (Å²) >= 11 is 0. The topological polar surface area (TPSA) is 103 Å². The highest BCUT2D eigenvalue weighted by molar-refractivity contribution is 6.35. The minimum atomic E-state index is -0.587. The first-order valence-corrected chi connectivity index (χ1v) is 5.79. The van der Waals surface area contributed by atoms with Gasteiger partial charge in [-0.05, 0) is 26.0 Å². The number of rotatable bonds is 6. The molecule has 0 amide bonds. The summed E-state index contributed by atoms with van der Waals surface area (Å²) < 4.78 is 9.66. The summed E-state index contributed by atoms with van der Waals surface area (Å²) in [6.07, 6.45) is 0. The van der Waals surface area contributed by atoms with Gasteiger partial charge in [-0.3, -0.25) is 15.5 Å². The van der Waals surface area contributed by atoms with E-state index in [0.717, 1.165) is 0 Å². The molecule has 1 N–H and O–H groups in total. The van der Waals surface area contributed by atoms with E-state index < -0.39 is 10.9 Å². The lowest BCUT2D eigenvalue weighted by Gasteiger charge is -2.06. The lowest BCUT2D eigenvalue weighted by atomic mass is 10.2. The SMILES string of the molecule is CCOC(=O)/C(C)=N\Nc1ccc(OC)cc1[N+](=O)[O-]. The highest BCUT2D eigenvalue weighted by Gasteiger charge is 2.15. The molecule has 0 atom stereocenters. The number of hydrogen-bond donors (Lipinski definition) is 1. The normalized spacial score (nSPS) is 10.8. The molecule has 0 spiro atoms. The fraction of sp³-hybridized carbons (Fsp3) is 0.333. The van der Waals surface area contributed by atoms with Gasteiger partial charge in [0.1, 0.15) is 17.1 Å². The fourth-order valence-electron chi connectivity index (χ4n) is 1.31. The van der Waals surface area contributed by atoms with Gasteiger partial charge in [-0.2, -0.15) is 5.10 Å². The lowest BCUT2D eigenvalue weighted by molar-refractivity contribution is -0.384. The van der Waals surface area contributed by atoms with Gasteiger partial charge in [0.2, 0.25) is 0 Å². The van der Waals surface area contributed by atoms with Crippen molar-refractivity contribution in [1.82, 2.24) is 0 Å². The van der Waals surface area contributed by atoms with Gasteiger partial charge in [0, 0.05) is 0 Å². The van der Waals surface area contributed by atoms with Crippen LogP contribution in [0.15, 0.2) is 23.3 Å². The molecule has 0 aliphatic rings. The zero-order valence-corrected chi connectivity index (χ0v) is 11.4. The molecular weight excluding hydrogens is 266 g/mol. The lowest BCUT2D eigenvalue weighted by Crippen LogP contribution is -2.15. The van der Waals surface area contributed by atoms with Gasteiger partial charge in [0.25, 0.3) is 5.69 Å². The molecule has 1 aromatic rings. The first kappa shape index (κ1) is 15.4. The molecule has 0 radical (unpaired) electrons. The van der Waals surface area contributed by atoms with Crippen molar-refractivity contribution >= 4 is 23.1 Å². The predicted octanol–water partition coefficient (Wildman–Crippen LogP) is 1.95. The quantitative estimate of drug-likeness (QED) is 0.370. The second-order valence-electron chi connectivity index (χ2n) is 3.67. The number of nitro groups is 1. The van der Waals surface area contributed by atoms with E-state index in [9.17, 15) is 14.9 Å². The van der Waals surface area contributed by atoms with E-state index in [4.69, 9.17) is 9.47 Å². The highest BCUT2D eigenvalue weighted by atomic mass is 16.6. The van der Waals surface area contributed by atoms with Crippen molar-refractivity contribution in [1.29, 1.82) is 0 Å². The maximum Gasteiger partial charge on any atom is 0.354 e. The second kappa shape index (κ2) is 7.07. The Kier molecular flexibility index (Phi) is 5.45. The Morgan fingerprint density at radius 2 is 2.20 bits per heavy atom. The Bertz CT molecular complexity index is 542. The predicted molar refractivity (Wildman–Crippen MR) is 73.0 cm³/mol. The number of anilines is 1. The third kappa shape index (κ3) is 3.94. The first-order valence-electron chi connectivity index (χ1n) is 5.79. The number of methoxy groups -OCH3 is 1. The van der Waals surface area contributed by atoms with Gasteiger partial charge in [-0.15, -0.1) is 0 Å². The van der Waals surface area contributed by atoms with E-state index in [-0.39, 0.29) is 23.7 Å². The zero-order chi connectivity index (χ0) is 15.1. The van der Waals surface area contributed by atoms with Crippen molar-refractivity contribution in [3.63, 3.8) is 0 Å². The molecule has 0 aliphatic heterocycles. The average Bonchev–Trinajstić information content (AvgIpc) is 2.44. The third-order valence-corrected chi connectivity index (χ3v) is 2.32. The second-order valence-corrected chi connectivity index (χ2v) is 3.67. The van der Waals surface area contributed by atoms with Crippen LogP contribution in [0, 0.1) is 10.1 Å². The molecule has 20 heavy (non-hydrogen) atoms. The number of nitrogens with one attached hydrogen (secondary N) is 1. The number of esters is 1. The Morgan fingerprint density at radius 3 is 2.75 bits per heavy atom. The monoisotopic (exact) mass is 281 g/mol. The molecule has 8 nitrogen and oxygen atoms in total. The number of benzene rings is 1. The van der Waals surface area contributed by atoms with Crippen LogP contribution in [0.4, 0.5) is 11.4 Å². The summed E-state index contributed by atoms with van der Waals surface area (Å²) in [4.78, 5) is 21.7. The van der Waals surface area contributed by atoms with Crippen LogP contribution in [0.25, 0.3) is 0 Å². The van der Waals surface area contributed by atoms with Crippen molar-refractivity contribution in [2.45, 2.75) is 13.8 Å². The fourth-order valence-corrected chi connectivity index (χ4v) is 1.31. The van der Waals surface area contributed by atoms with E-state index >= 15 is 0 Å². The molecule has 1 rings (SSSR count). The number of nitrogens with zero attached hydrogens (tertiary/aromatic N) is 2. The molecule has 0 saturated heterocycles. The maximum atomic E-state index is 11.3. The number of hydrazone groups is 1. The van der Waals surface area contributed by atoms with Gasteiger partial charge in [-0.1, -0.05) is 0 Å². The van der Waals surface area contributed by atoms with E-state index in [1.165, 1.54) is 26.2 Å². The summed E-state index contributed by atoms with van der Waals surface area (Å²) in [5, 5.41) is 14.7. The smallest absolute Gasteiger partial charge is 0.354 e. The Hall–Kier alpha value is -2.64. The van der Waals surface area contributed by atoms with Crippen LogP contribution >= 0.6 is 0 Å². The molecular formula is C12H15N3O5. The third-order valence-electron chi connectivity index (χ3n) is 2.32. The molecule has 0 heterocycles. The van der Waals surface area contributed by atoms with E-state index in [1.54, 1.807) is 13.0 Å². The largest absolute Gasteiger partial charge is 0.496 e.